The van der Waals surface area contributed by atoms with Gasteiger partial charge in [-0.2, -0.15) is 0 Å². The van der Waals surface area contributed by atoms with E-state index in [1.165, 1.54) is 11.3 Å². The first-order chi connectivity index (χ1) is 17.7. The van der Waals surface area contributed by atoms with Crippen LogP contribution in [0.15, 0.2) is 18.5 Å². The standard InChI is InChI=1S/C25H35FN6O4S/c1-4-28-23(34)29-21-20(18-5-8-27-15-19(18)37-21)22(33)31-13-11-30(12-14-31)17-6-9-32(10-7-17)24(35)36-25(2,3)16-26/h5,8,15,17H,4,6-7,9-14,16H2,1-3H3,(H2,28,29,34). The van der Waals surface area contributed by atoms with Crippen molar-refractivity contribution in [2.24, 2.45) is 0 Å². The summed E-state index contributed by atoms with van der Waals surface area (Å²) in [6, 6.07) is 1.79. The SMILES string of the molecule is CCNC(=O)Nc1sc2cnccc2c1C(=O)N1CCN(C2CCN(C(=O)OC(C)(C)CF)CC2)CC1. The van der Waals surface area contributed by atoms with Crippen LogP contribution in [0.25, 0.3) is 10.1 Å². The molecule has 2 saturated heterocycles. The number of nitrogens with one attached hydrogen (secondary N) is 2. The molecule has 37 heavy (non-hydrogen) atoms. The second kappa shape index (κ2) is 11.6. The summed E-state index contributed by atoms with van der Waals surface area (Å²) in [7, 11) is 0. The molecule has 0 radical (unpaired) electrons. The maximum absolute atomic E-state index is 13.6. The number of urea groups is 1. The maximum Gasteiger partial charge on any atom is 0.410 e. The molecule has 2 aromatic rings. The number of hydrogen-bond acceptors (Lipinski definition) is 7. The Kier molecular flexibility index (Phi) is 8.48. The minimum Gasteiger partial charge on any atom is -0.441 e. The largest absolute Gasteiger partial charge is 0.441 e. The van der Waals surface area contributed by atoms with Crippen LogP contribution < -0.4 is 10.6 Å². The third kappa shape index (κ3) is 6.30. The Morgan fingerprint density at radius 3 is 2.49 bits per heavy atom. The normalized spacial score (nSPS) is 17.6. The van der Waals surface area contributed by atoms with Gasteiger partial charge in [-0.25, -0.2) is 14.0 Å². The second-order valence-electron chi connectivity index (χ2n) is 9.97. The van der Waals surface area contributed by atoms with E-state index >= 15 is 0 Å². The van der Waals surface area contributed by atoms with Gasteiger partial charge in [0.25, 0.3) is 5.91 Å². The Labute approximate surface area is 220 Å². The number of amides is 4. The fraction of sp³-hybridized carbons (Fsp3) is 0.600. The highest BCUT2D eigenvalue weighted by molar-refractivity contribution is 7.23. The highest BCUT2D eigenvalue weighted by atomic mass is 32.1. The fourth-order valence-corrected chi connectivity index (χ4v) is 5.81. The number of alkyl halides is 1. The summed E-state index contributed by atoms with van der Waals surface area (Å²) < 4.78 is 19.1. The van der Waals surface area contributed by atoms with Crippen molar-refractivity contribution in [3.63, 3.8) is 0 Å². The number of rotatable bonds is 6. The first-order valence-corrected chi connectivity index (χ1v) is 13.5. The molecule has 4 rings (SSSR count). The van der Waals surface area contributed by atoms with Gasteiger partial charge in [-0.15, -0.1) is 11.3 Å². The molecule has 4 heterocycles. The van der Waals surface area contributed by atoms with Gasteiger partial charge < -0.3 is 19.9 Å². The van der Waals surface area contributed by atoms with Crippen molar-refractivity contribution in [1.29, 1.82) is 0 Å². The Hall–Kier alpha value is -2.99. The number of thiophene rings is 1. The third-order valence-corrected chi connectivity index (χ3v) is 7.85. The predicted octanol–water partition coefficient (Wildman–Crippen LogP) is 3.54. The molecule has 10 nitrogen and oxygen atoms in total. The Balaban J connectivity index is 1.35. The number of carbonyl (C=O) groups is 3. The van der Waals surface area contributed by atoms with E-state index in [2.05, 4.69) is 20.5 Å². The van der Waals surface area contributed by atoms with E-state index in [1.807, 2.05) is 17.9 Å². The number of likely N-dealkylation sites (tertiary alicyclic amines) is 1. The van der Waals surface area contributed by atoms with Crippen molar-refractivity contribution in [3.05, 3.63) is 24.0 Å². The van der Waals surface area contributed by atoms with E-state index in [0.29, 0.717) is 49.3 Å². The number of pyridine rings is 1. The van der Waals surface area contributed by atoms with Gasteiger partial charge in [0.1, 0.15) is 17.3 Å². The molecule has 12 heteroatoms. The number of nitrogens with zero attached hydrogens (tertiary/aromatic N) is 4. The molecule has 0 saturated carbocycles. The monoisotopic (exact) mass is 534 g/mol. The molecular weight excluding hydrogens is 499 g/mol. The summed E-state index contributed by atoms with van der Waals surface area (Å²) in [5.41, 5.74) is -0.610. The van der Waals surface area contributed by atoms with E-state index < -0.39 is 18.4 Å². The zero-order valence-electron chi connectivity index (χ0n) is 21.6. The number of carbonyl (C=O) groups excluding carboxylic acids is 3. The van der Waals surface area contributed by atoms with Crippen LogP contribution in [-0.2, 0) is 4.74 Å². The lowest BCUT2D eigenvalue weighted by atomic mass is 10.0. The van der Waals surface area contributed by atoms with Crippen LogP contribution in [0.3, 0.4) is 0 Å². The smallest absolute Gasteiger partial charge is 0.410 e. The van der Waals surface area contributed by atoms with E-state index in [4.69, 9.17) is 4.74 Å². The summed E-state index contributed by atoms with van der Waals surface area (Å²) in [6.07, 6.45) is 4.51. The third-order valence-electron chi connectivity index (χ3n) is 6.80. The first kappa shape index (κ1) is 27.1. The molecule has 0 spiro atoms. The number of ether oxygens (including phenoxy) is 1. The van der Waals surface area contributed by atoms with Gasteiger partial charge in [-0.05, 0) is 39.7 Å². The second-order valence-corrected chi connectivity index (χ2v) is 11.0. The molecule has 2 aromatic heterocycles. The van der Waals surface area contributed by atoms with Crippen LogP contribution in [0.2, 0.25) is 0 Å². The molecule has 0 bridgehead atoms. The van der Waals surface area contributed by atoms with Gasteiger partial charge >= 0.3 is 12.1 Å². The van der Waals surface area contributed by atoms with Gasteiger partial charge in [0.2, 0.25) is 0 Å². The lowest BCUT2D eigenvalue weighted by molar-refractivity contribution is -0.0101. The number of hydrogen-bond donors (Lipinski definition) is 2. The highest BCUT2D eigenvalue weighted by Gasteiger charge is 2.34. The van der Waals surface area contributed by atoms with E-state index in [-0.39, 0.29) is 11.9 Å². The molecule has 4 amide bonds. The fourth-order valence-electron chi connectivity index (χ4n) is 4.75. The Morgan fingerprint density at radius 2 is 1.84 bits per heavy atom. The number of anilines is 1. The van der Waals surface area contributed by atoms with Crippen LogP contribution in [0.5, 0.6) is 0 Å². The highest BCUT2D eigenvalue weighted by Crippen LogP contribution is 2.36. The van der Waals surface area contributed by atoms with Crippen LogP contribution in [0.4, 0.5) is 19.0 Å². The summed E-state index contributed by atoms with van der Waals surface area (Å²) in [4.78, 5) is 48.2. The van der Waals surface area contributed by atoms with Crippen molar-refractivity contribution in [3.8, 4) is 0 Å². The van der Waals surface area contributed by atoms with Crippen LogP contribution in [0.1, 0.15) is 44.0 Å². The zero-order chi connectivity index (χ0) is 26.6. The Morgan fingerprint density at radius 1 is 1.14 bits per heavy atom. The molecule has 0 atom stereocenters. The lowest BCUT2D eigenvalue weighted by Gasteiger charge is -2.42. The zero-order valence-corrected chi connectivity index (χ0v) is 22.4. The first-order valence-electron chi connectivity index (χ1n) is 12.7. The van der Waals surface area contributed by atoms with Crippen molar-refractivity contribution in [2.75, 3.05) is 57.8 Å². The molecule has 0 unspecified atom stereocenters. The molecule has 202 valence electrons. The van der Waals surface area contributed by atoms with E-state index in [9.17, 15) is 18.8 Å². The van der Waals surface area contributed by atoms with Gasteiger partial charge in [-0.3, -0.25) is 20.0 Å². The van der Waals surface area contributed by atoms with Crippen LogP contribution in [-0.4, -0.2) is 102 Å². The number of halogens is 1. The van der Waals surface area contributed by atoms with Crippen molar-refractivity contribution >= 4 is 44.5 Å². The Bertz CT molecular complexity index is 1130. The maximum atomic E-state index is 13.6. The van der Waals surface area contributed by atoms with Crippen LogP contribution >= 0.6 is 11.3 Å². The van der Waals surface area contributed by atoms with Gasteiger partial charge in [0.15, 0.2) is 0 Å². The van der Waals surface area contributed by atoms with Gasteiger partial charge in [-0.1, -0.05) is 0 Å². The minimum atomic E-state index is -1.11. The minimum absolute atomic E-state index is 0.100. The summed E-state index contributed by atoms with van der Waals surface area (Å²) >= 11 is 1.35. The summed E-state index contributed by atoms with van der Waals surface area (Å²) in [6.45, 7) is 8.48. The van der Waals surface area contributed by atoms with Crippen molar-refractivity contribution in [1.82, 2.24) is 25.0 Å². The van der Waals surface area contributed by atoms with Gasteiger partial charge in [0.05, 0.1) is 10.3 Å². The van der Waals surface area contributed by atoms with Crippen LogP contribution in [0, 0.1) is 0 Å². The number of fused-ring (bicyclic) bond motifs is 1. The molecule has 2 aliphatic rings. The summed E-state index contributed by atoms with van der Waals surface area (Å²) in [5, 5.41) is 6.85. The average Bonchev–Trinajstić information content (AvgIpc) is 3.26. The number of aromatic nitrogens is 1. The predicted molar refractivity (Wildman–Crippen MR) is 141 cm³/mol. The topological polar surface area (TPSA) is 107 Å². The molecule has 2 fully saturated rings. The van der Waals surface area contributed by atoms with Gasteiger partial charge in [0, 0.05) is 69.6 Å². The quantitative estimate of drug-likeness (QED) is 0.587. The van der Waals surface area contributed by atoms with E-state index in [1.54, 1.807) is 31.1 Å². The molecule has 0 aromatic carbocycles. The molecule has 0 aliphatic carbocycles. The lowest BCUT2D eigenvalue weighted by Crippen LogP contribution is -2.55. The molecular formula is C25H35FN6O4S. The summed E-state index contributed by atoms with van der Waals surface area (Å²) in [5.74, 6) is -0.100. The average molecular weight is 535 g/mol. The van der Waals surface area contributed by atoms with Crippen molar-refractivity contribution in [2.45, 2.75) is 45.3 Å². The molecule has 2 N–H and O–H groups in total. The number of piperazine rings is 1. The van der Waals surface area contributed by atoms with E-state index in [0.717, 1.165) is 36.0 Å². The molecule has 2 aliphatic heterocycles. The number of piperidine rings is 1. The van der Waals surface area contributed by atoms with Crippen molar-refractivity contribution < 1.29 is 23.5 Å².